The molecule has 0 N–H and O–H groups in total. The monoisotopic (exact) mass is 376 g/mol. The summed E-state index contributed by atoms with van der Waals surface area (Å²) in [7, 11) is 0. The minimum absolute atomic E-state index is 0.105. The van der Waals surface area contributed by atoms with Crippen LogP contribution < -0.4 is 0 Å². The number of benzene rings is 1. The van der Waals surface area contributed by atoms with Gasteiger partial charge < -0.3 is 14.0 Å². The number of carbonyl (C=O) groups is 1. The topological polar surface area (TPSA) is 64.2 Å². The van der Waals surface area contributed by atoms with Gasteiger partial charge in [-0.25, -0.2) is 0 Å². The first kappa shape index (κ1) is 17.2. The predicted octanol–water partition coefficient (Wildman–Crippen LogP) is 3.83. The number of rotatable bonds is 5. The first-order chi connectivity index (χ1) is 13.8. The Morgan fingerprint density at radius 1 is 1.11 bits per heavy atom. The summed E-state index contributed by atoms with van der Waals surface area (Å²) in [6.07, 6.45) is 9.22. The Morgan fingerprint density at radius 3 is 2.64 bits per heavy atom. The minimum Gasteiger partial charge on any atom is -0.339 e. The van der Waals surface area contributed by atoms with Gasteiger partial charge in [0, 0.05) is 49.1 Å². The van der Waals surface area contributed by atoms with Gasteiger partial charge in [-0.15, -0.1) is 0 Å². The van der Waals surface area contributed by atoms with Crippen LogP contribution in [0.3, 0.4) is 0 Å². The molecule has 1 saturated carbocycles. The zero-order valence-corrected chi connectivity index (χ0v) is 15.8. The SMILES string of the molecule is O=C(c1ccc(-n2cccc2)cc1)N1CCC[C@@H](Cc2nc(C3CC3)no2)C1. The number of hydrogen-bond donors (Lipinski definition) is 0. The van der Waals surface area contributed by atoms with Crippen LogP contribution in [0.2, 0.25) is 0 Å². The summed E-state index contributed by atoms with van der Waals surface area (Å²) in [4.78, 5) is 19.5. The largest absolute Gasteiger partial charge is 0.339 e. The molecule has 1 amide bonds. The van der Waals surface area contributed by atoms with Gasteiger partial charge in [0.1, 0.15) is 0 Å². The Labute approximate surface area is 164 Å². The number of piperidine rings is 1. The van der Waals surface area contributed by atoms with Gasteiger partial charge in [0.2, 0.25) is 5.89 Å². The summed E-state index contributed by atoms with van der Waals surface area (Å²) < 4.78 is 7.46. The summed E-state index contributed by atoms with van der Waals surface area (Å²) >= 11 is 0. The third-order valence-electron chi connectivity index (χ3n) is 5.71. The molecule has 0 unspecified atom stereocenters. The highest BCUT2D eigenvalue weighted by atomic mass is 16.5. The molecule has 0 radical (unpaired) electrons. The number of amides is 1. The van der Waals surface area contributed by atoms with Gasteiger partial charge in [0.25, 0.3) is 5.91 Å². The molecule has 0 bridgehead atoms. The van der Waals surface area contributed by atoms with Gasteiger partial charge in [0.05, 0.1) is 0 Å². The van der Waals surface area contributed by atoms with Gasteiger partial charge in [-0.3, -0.25) is 4.79 Å². The molecule has 2 aromatic heterocycles. The van der Waals surface area contributed by atoms with Gasteiger partial charge in [-0.05, 0) is 68.0 Å². The van der Waals surface area contributed by atoms with E-state index in [2.05, 4.69) is 10.1 Å². The molecule has 1 aromatic carbocycles. The number of carbonyl (C=O) groups excluding carboxylic acids is 1. The summed E-state index contributed by atoms with van der Waals surface area (Å²) in [6.45, 7) is 1.56. The fraction of sp³-hybridized carbons (Fsp3) is 0.409. The molecule has 6 heteroatoms. The number of nitrogens with zero attached hydrogens (tertiary/aromatic N) is 4. The van der Waals surface area contributed by atoms with Crippen molar-refractivity contribution in [3.05, 3.63) is 66.1 Å². The standard InChI is InChI=1S/C22H24N4O2/c27-22(18-7-9-19(10-8-18)25-11-1-2-12-25)26-13-3-4-16(15-26)14-20-23-21(24-28-20)17-5-6-17/h1-2,7-12,16-17H,3-6,13-15H2/t16-/m0/s1. The van der Waals surface area contributed by atoms with Crippen LogP contribution in [0.25, 0.3) is 5.69 Å². The van der Waals surface area contributed by atoms with Crippen molar-refractivity contribution in [3.8, 4) is 5.69 Å². The number of hydrogen-bond acceptors (Lipinski definition) is 4. The Hall–Kier alpha value is -2.89. The summed E-state index contributed by atoms with van der Waals surface area (Å²) in [6, 6.07) is 11.8. The molecule has 1 aliphatic heterocycles. The predicted molar refractivity (Wildman–Crippen MR) is 104 cm³/mol. The van der Waals surface area contributed by atoms with Gasteiger partial charge in [0.15, 0.2) is 5.82 Å². The van der Waals surface area contributed by atoms with Gasteiger partial charge >= 0.3 is 0 Å². The lowest BCUT2D eigenvalue weighted by atomic mass is 9.94. The zero-order valence-electron chi connectivity index (χ0n) is 15.8. The van der Waals surface area contributed by atoms with Crippen LogP contribution in [0.15, 0.2) is 53.3 Å². The second-order valence-corrected chi connectivity index (χ2v) is 7.92. The molecular weight excluding hydrogens is 352 g/mol. The first-order valence-electron chi connectivity index (χ1n) is 10.1. The Morgan fingerprint density at radius 2 is 1.89 bits per heavy atom. The van der Waals surface area contributed by atoms with E-state index >= 15 is 0 Å². The molecule has 2 fully saturated rings. The molecular formula is C22H24N4O2. The van der Waals surface area contributed by atoms with E-state index in [1.165, 1.54) is 12.8 Å². The van der Waals surface area contributed by atoms with E-state index < -0.39 is 0 Å². The Balaban J connectivity index is 1.23. The molecule has 0 spiro atoms. The Kier molecular flexibility index (Phi) is 4.47. The van der Waals surface area contributed by atoms with Crippen LogP contribution in [-0.4, -0.2) is 38.6 Å². The van der Waals surface area contributed by atoms with E-state index in [4.69, 9.17) is 4.52 Å². The molecule has 6 nitrogen and oxygen atoms in total. The highest BCUT2D eigenvalue weighted by Crippen LogP contribution is 2.38. The lowest BCUT2D eigenvalue weighted by Crippen LogP contribution is -2.40. The van der Waals surface area contributed by atoms with Crippen LogP contribution in [0.4, 0.5) is 0 Å². The van der Waals surface area contributed by atoms with Crippen molar-refractivity contribution in [1.82, 2.24) is 19.6 Å². The maximum atomic E-state index is 13.0. The molecule has 1 aliphatic carbocycles. The smallest absolute Gasteiger partial charge is 0.253 e. The lowest BCUT2D eigenvalue weighted by molar-refractivity contribution is 0.0668. The van der Waals surface area contributed by atoms with Crippen molar-refractivity contribution in [3.63, 3.8) is 0 Å². The van der Waals surface area contributed by atoms with Crippen LogP contribution in [0.5, 0.6) is 0 Å². The highest BCUT2D eigenvalue weighted by Gasteiger charge is 2.30. The third kappa shape index (κ3) is 3.59. The average molecular weight is 376 g/mol. The molecule has 1 saturated heterocycles. The molecule has 2 aliphatic rings. The van der Waals surface area contributed by atoms with Crippen LogP contribution in [0, 0.1) is 5.92 Å². The molecule has 144 valence electrons. The summed E-state index contributed by atoms with van der Waals surface area (Å²) in [5, 5.41) is 4.11. The van der Waals surface area contributed by atoms with Gasteiger partial charge in [-0.1, -0.05) is 5.16 Å². The lowest BCUT2D eigenvalue weighted by Gasteiger charge is -2.32. The minimum atomic E-state index is 0.105. The number of likely N-dealkylation sites (tertiary alicyclic amines) is 1. The molecule has 3 aromatic rings. The van der Waals surface area contributed by atoms with E-state index in [-0.39, 0.29) is 5.91 Å². The molecule has 1 atom stereocenters. The molecule has 3 heterocycles. The summed E-state index contributed by atoms with van der Waals surface area (Å²) in [5.74, 6) is 2.58. The van der Waals surface area contributed by atoms with E-state index in [1.54, 1.807) is 0 Å². The maximum absolute atomic E-state index is 13.0. The highest BCUT2D eigenvalue weighted by molar-refractivity contribution is 5.94. The molecule has 5 rings (SSSR count). The van der Waals surface area contributed by atoms with Crippen molar-refractivity contribution in [2.24, 2.45) is 5.92 Å². The van der Waals surface area contributed by atoms with Crippen molar-refractivity contribution in [1.29, 1.82) is 0 Å². The summed E-state index contributed by atoms with van der Waals surface area (Å²) in [5.41, 5.74) is 1.80. The van der Waals surface area contributed by atoms with E-state index in [9.17, 15) is 4.79 Å². The second kappa shape index (κ2) is 7.26. The van der Waals surface area contributed by atoms with Crippen LogP contribution in [0.1, 0.15) is 53.7 Å². The van der Waals surface area contributed by atoms with Crippen molar-refractivity contribution in [2.45, 2.75) is 38.0 Å². The fourth-order valence-corrected chi connectivity index (χ4v) is 3.99. The number of aromatic nitrogens is 3. The van der Waals surface area contributed by atoms with Crippen molar-refractivity contribution >= 4 is 5.91 Å². The fourth-order valence-electron chi connectivity index (χ4n) is 3.99. The molecule has 28 heavy (non-hydrogen) atoms. The Bertz CT molecular complexity index is 941. The van der Waals surface area contributed by atoms with E-state index in [0.29, 0.717) is 11.8 Å². The van der Waals surface area contributed by atoms with E-state index in [1.807, 2.05) is 58.3 Å². The zero-order chi connectivity index (χ0) is 18.9. The van der Waals surface area contributed by atoms with Crippen molar-refractivity contribution in [2.75, 3.05) is 13.1 Å². The average Bonchev–Trinajstić information content (AvgIpc) is 3.24. The van der Waals surface area contributed by atoms with Crippen molar-refractivity contribution < 1.29 is 9.32 Å². The third-order valence-corrected chi connectivity index (χ3v) is 5.71. The first-order valence-corrected chi connectivity index (χ1v) is 10.1. The normalized spacial score (nSPS) is 19.7. The van der Waals surface area contributed by atoms with Crippen LogP contribution in [-0.2, 0) is 6.42 Å². The van der Waals surface area contributed by atoms with Crippen LogP contribution >= 0.6 is 0 Å². The maximum Gasteiger partial charge on any atom is 0.253 e. The quantitative estimate of drug-likeness (QED) is 0.679. The van der Waals surface area contributed by atoms with Gasteiger partial charge in [-0.2, -0.15) is 4.98 Å². The second-order valence-electron chi connectivity index (χ2n) is 7.92. The van der Waals surface area contributed by atoms with E-state index in [0.717, 1.165) is 55.3 Å².